The number of primary sulfonamides is 1. The molecular weight excluding hydrogens is 446 g/mol. The van der Waals surface area contributed by atoms with Crippen LogP contribution in [0.5, 0.6) is 0 Å². The van der Waals surface area contributed by atoms with Crippen molar-refractivity contribution in [2.45, 2.75) is 30.7 Å². The van der Waals surface area contributed by atoms with E-state index in [0.717, 1.165) is 27.8 Å². The summed E-state index contributed by atoms with van der Waals surface area (Å²) < 4.78 is 24.0. The average Bonchev–Trinajstić information content (AvgIpc) is 3.43. The number of allylic oxidation sites excluding steroid dienone is 1. The molecule has 5 N–H and O–H groups in total. The lowest BCUT2D eigenvalue weighted by Gasteiger charge is -2.27. The second-order valence-corrected chi connectivity index (χ2v) is 10.9. The van der Waals surface area contributed by atoms with Gasteiger partial charge in [0.15, 0.2) is 0 Å². The third-order valence-electron chi connectivity index (χ3n) is 6.34. The first-order chi connectivity index (χ1) is 15.2. The van der Waals surface area contributed by atoms with Crippen LogP contribution in [0.3, 0.4) is 0 Å². The molecule has 4 unspecified atom stereocenters. The van der Waals surface area contributed by atoms with Crippen molar-refractivity contribution in [3.63, 3.8) is 0 Å². The first kappa shape index (κ1) is 21.0. The standard InChI is InChI=1S/C22H23N5O3S2/c1-11-10-31-20-18(11)25-16(8-12-2-6-15(7-3-12)32(24,29)30)26-22(20)27-19-14-5-4-13(9-14)17(19)21(23)28/h2-7,10,13-14,17,19H,8-9H2,1H3,(H2,23,28)(H2,24,29,30)(H,25,26,27). The molecule has 0 radical (unpaired) electrons. The predicted octanol–water partition coefficient (Wildman–Crippen LogP) is 2.33. The summed E-state index contributed by atoms with van der Waals surface area (Å²) in [5, 5.41) is 10.8. The molecule has 2 heterocycles. The predicted molar refractivity (Wildman–Crippen MR) is 124 cm³/mol. The van der Waals surface area contributed by atoms with Crippen LogP contribution in [0.4, 0.5) is 5.82 Å². The Balaban J connectivity index is 1.49. The van der Waals surface area contributed by atoms with Gasteiger partial charge in [0.25, 0.3) is 0 Å². The minimum absolute atomic E-state index is 0.0653. The maximum absolute atomic E-state index is 12.1. The normalized spacial score (nSPS) is 24.3. The topological polar surface area (TPSA) is 141 Å². The van der Waals surface area contributed by atoms with Crippen molar-refractivity contribution in [1.29, 1.82) is 0 Å². The van der Waals surface area contributed by atoms with Crippen LogP contribution in [-0.2, 0) is 21.2 Å². The zero-order valence-electron chi connectivity index (χ0n) is 17.4. The van der Waals surface area contributed by atoms with Gasteiger partial charge < -0.3 is 11.1 Å². The summed E-state index contributed by atoms with van der Waals surface area (Å²) in [7, 11) is -3.74. The minimum atomic E-state index is -3.74. The van der Waals surface area contributed by atoms with Gasteiger partial charge in [0, 0.05) is 12.5 Å². The number of rotatable bonds is 6. The van der Waals surface area contributed by atoms with E-state index in [4.69, 9.17) is 20.8 Å². The molecule has 3 aromatic rings. The molecule has 2 aromatic heterocycles. The van der Waals surface area contributed by atoms with Crippen LogP contribution in [0.1, 0.15) is 23.4 Å². The Morgan fingerprint density at radius 1 is 1.19 bits per heavy atom. The van der Waals surface area contributed by atoms with E-state index in [1.807, 2.05) is 12.3 Å². The third kappa shape index (κ3) is 3.68. The highest BCUT2D eigenvalue weighted by molar-refractivity contribution is 7.89. The summed E-state index contributed by atoms with van der Waals surface area (Å²) in [6, 6.07) is 6.30. The van der Waals surface area contributed by atoms with Crippen molar-refractivity contribution in [3.05, 3.63) is 58.7 Å². The number of nitrogens with two attached hydrogens (primary N) is 2. The summed E-state index contributed by atoms with van der Waals surface area (Å²) in [4.78, 5) is 21.7. The lowest BCUT2D eigenvalue weighted by molar-refractivity contribution is -0.122. The van der Waals surface area contributed by atoms with E-state index in [0.29, 0.717) is 18.1 Å². The number of fused-ring (bicyclic) bond motifs is 3. The monoisotopic (exact) mass is 469 g/mol. The number of carbonyl (C=O) groups is 1. The summed E-state index contributed by atoms with van der Waals surface area (Å²) in [6.45, 7) is 2.01. The molecule has 32 heavy (non-hydrogen) atoms. The number of sulfonamides is 1. The van der Waals surface area contributed by atoms with E-state index in [2.05, 4.69) is 17.5 Å². The molecule has 5 rings (SSSR count). The van der Waals surface area contributed by atoms with E-state index in [9.17, 15) is 13.2 Å². The SMILES string of the molecule is Cc1csc2c(NC3C4C=CC(C4)C3C(N)=O)nc(Cc3ccc(S(N)(=O)=O)cc3)nc12. The quantitative estimate of drug-likeness (QED) is 0.473. The first-order valence-electron chi connectivity index (χ1n) is 10.3. The Hall–Kier alpha value is -2.82. The van der Waals surface area contributed by atoms with Gasteiger partial charge in [-0.05, 0) is 53.8 Å². The molecule has 0 saturated heterocycles. The van der Waals surface area contributed by atoms with Crippen molar-refractivity contribution in [3.8, 4) is 0 Å². The van der Waals surface area contributed by atoms with Gasteiger partial charge in [0.1, 0.15) is 11.6 Å². The number of anilines is 1. The highest BCUT2D eigenvalue weighted by Crippen LogP contribution is 2.45. The Labute approximate surface area is 189 Å². The highest BCUT2D eigenvalue weighted by Gasteiger charge is 2.47. The molecule has 10 heteroatoms. The summed E-state index contributed by atoms with van der Waals surface area (Å²) in [6.07, 6.45) is 5.61. The van der Waals surface area contributed by atoms with Gasteiger partial charge in [-0.25, -0.2) is 23.5 Å². The number of nitrogens with one attached hydrogen (secondary N) is 1. The molecule has 2 aliphatic carbocycles. The van der Waals surface area contributed by atoms with Gasteiger partial charge in [-0.15, -0.1) is 11.3 Å². The van der Waals surface area contributed by atoms with Gasteiger partial charge in [-0.2, -0.15) is 0 Å². The van der Waals surface area contributed by atoms with E-state index >= 15 is 0 Å². The molecule has 0 aliphatic heterocycles. The second-order valence-electron chi connectivity index (χ2n) is 8.50. The lowest BCUT2D eigenvalue weighted by atomic mass is 9.88. The van der Waals surface area contributed by atoms with Crippen molar-refractivity contribution >= 4 is 43.3 Å². The Morgan fingerprint density at radius 2 is 1.91 bits per heavy atom. The van der Waals surface area contributed by atoms with Crippen LogP contribution in [0, 0.1) is 24.7 Å². The third-order valence-corrected chi connectivity index (χ3v) is 8.37. The fourth-order valence-electron chi connectivity index (χ4n) is 4.80. The molecule has 1 saturated carbocycles. The molecule has 0 spiro atoms. The molecule has 1 amide bonds. The lowest BCUT2D eigenvalue weighted by Crippen LogP contribution is -2.41. The number of amides is 1. The second kappa shape index (κ2) is 7.65. The Kier molecular flexibility index (Phi) is 5.03. The van der Waals surface area contributed by atoms with Crippen molar-refractivity contribution in [2.75, 3.05) is 5.32 Å². The van der Waals surface area contributed by atoms with Gasteiger partial charge in [-0.1, -0.05) is 24.3 Å². The smallest absolute Gasteiger partial charge is 0.238 e. The van der Waals surface area contributed by atoms with Crippen LogP contribution >= 0.6 is 11.3 Å². The van der Waals surface area contributed by atoms with E-state index < -0.39 is 10.0 Å². The number of thiophene rings is 1. The number of nitrogens with zero attached hydrogens (tertiary/aromatic N) is 2. The van der Waals surface area contributed by atoms with Crippen LogP contribution in [0.2, 0.25) is 0 Å². The van der Waals surface area contributed by atoms with Gasteiger partial charge in [0.05, 0.1) is 21.0 Å². The van der Waals surface area contributed by atoms with Crippen LogP contribution in [0.15, 0.2) is 46.7 Å². The summed E-state index contributed by atoms with van der Waals surface area (Å²) in [5.41, 5.74) is 8.52. The highest BCUT2D eigenvalue weighted by atomic mass is 32.2. The minimum Gasteiger partial charge on any atom is -0.369 e. The first-order valence-corrected chi connectivity index (χ1v) is 12.7. The van der Waals surface area contributed by atoms with Crippen LogP contribution < -0.4 is 16.2 Å². The molecular formula is C22H23N5O3S2. The van der Waals surface area contributed by atoms with E-state index in [-0.39, 0.29) is 34.6 Å². The fraction of sp³-hybridized carbons (Fsp3) is 0.318. The largest absolute Gasteiger partial charge is 0.369 e. The molecule has 8 nitrogen and oxygen atoms in total. The van der Waals surface area contributed by atoms with Crippen molar-refractivity contribution in [1.82, 2.24) is 9.97 Å². The molecule has 166 valence electrons. The molecule has 2 bridgehead atoms. The maximum Gasteiger partial charge on any atom is 0.238 e. The summed E-state index contributed by atoms with van der Waals surface area (Å²) in [5.74, 6) is 1.19. The van der Waals surface area contributed by atoms with Gasteiger partial charge in [-0.3, -0.25) is 4.79 Å². The van der Waals surface area contributed by atoms with E-state index in [1.165, 1.54) is 12.1 Å². The number of aromatic nitrogens is 2. The zero-order chi connectivity index (χ0) is 22.6. The Bertz CT molecular complexity index is 1350. The number of primary amides is 1. The maximum atomic E-state index is 12.1. The fourth-order valence-corrected chi connectivity index (χ4v) is 6.26. The average molecular weight is 470 g/mol. The molecule has 4 atom stereocenters. The summed E-state index contributed by atoms with van der Waals surface area (Å²) >= 11 is 1.57. The molecule has 1 aromatic carbocycles. The number of carbonyl (C=O) groups excluding carboxylic acids is 1. The Morgan fingerprint density at radius 3 is 2.59 bits per heavy atom. The molecule has 1 fully saturated rings. The van der Waals surface area contributed by atoms with Crippen LogP contribution in [-0.4, -0.2) is 30.3 Å². The van der Waals surface area contributed by atoms with Crippen LogP contribution in [0.25, 0.3) is 10.2 Å². The number of aryl methyl sites for hydroxylation is 1. The number of hydrogen-bond donors (Lipinski definition) is 3. The van der Waals surface area contributed by atoms with Gasteiger partial charge >= 0.3 is 0 Å². The number of benzene rings is 1. The molecule has 2 aliphatic rings. The zero-order valence-corrected chi connectivity index (χ0v) is 19.0. The van der Waals surface area contributed by atoms with Crippen molar-refractivity contribution < 1.29 is 13.2 Å². The van der Waals surface area contributed by atoms with Crippen molar-refractivity contribution in [2.24, 2.45) is 28.6 Å². The number of hydrogen-bond acceptors (Lipinski definition) is 7. The van der Waals surface area contributed by atoms with E-state index in [1.54, 1.807) is 23.5 Å². The van der Waals surface area contributed by atoms with Gasteiger partial charge in [0.2, 0.25) is 15.9 Å².